The van der Waals surface area contributed by atoms with Crippen molar-refractivity contribution in [2.75, 3.05) is 19.6 Å². The van der Waals surface area contributed by atoms with Gasteiger partial charge in [0, 0.05) is 25.2 Å². The minimum atomic E-state index is 0.362. The lowest BCUT2D eigenvalue weighted by atomic mass is 9.83. The van der Waals surface area contributed by atoms with Crippen LogP contribution in [0.2, 0.25) is 0 Å². The molecule has 2 heteroatoms. The van der Waals surface area contributed by atoms with Crippen LogP contribution < -0.4 is 5.32 Å². The maximum absolute atomic E-state index is 3.80. The Kier molecular flexibility index (Phi) is 8.26. The average molecular weight is 297 g/mol. The molecule has 1 aliphatic heterocycles. The number of unbranched alkanes of at least 4 members (excludes halogenated alkanes) is 5. The van der Waals surface area contributed by atoms with Crippen molar-refractivity contribution in [3.05, 3.63) is 0 Å². The van der Waals surface area contributed by atoms with E-state index in [4.69, 9.17) is 0 Å². The van der Waals surface area contributed by atoms with Gasteiger partial charge in [0.15, 0.2) is 0 Å². The van der Waals surface area contributed by atoms with Crippen LogP contribution in [0.15, 0.2) is 0 Å². The summed E-state index contributed by atoms with van der Waals surface area (Å²) in [7, 11) is 0. The second kappa shape index (κ2) is 9.15. The van der Waals surface area contributed by atoms with Crippen molar-refractivity contribution in [2.45, 2.75) is 92.2 Å². The minimum Gasteiger partial charge on any atom is -0.311 e. The van der Waals surface area contributed by atoms with E-state index in [1.807, 2.05) is 0 Å². The molecule has 1 N–H and O–H groups in total. The Morgan fingerprint density at radius 3 is 2.24 bits per heavy atom. The van der Waals surface area contributed by atoms with Crippen LogP contribution in [0.3, 0.4) is 0 Å². The van der Waals surface area contributed by atoms with Crippen LogP contribution in [0.4, 0.5) is 0 Å². The zero-order valence-electron chi connectivity index (χ0n) is 15.5. The molecule has 1 fully saturated rings. The van der Waals surface area contributed by atoms with Gasteiger partial charge in [0.2, 0.25) is 0 Å². The molecule has 21 heavy (non-hydrogen) atoms. The molecule has 126 valence electrons. The molecule has 1 heterocycles. The molecule has 0 aliphatic carbocycles. The molecule has 1 aliphatic rings. The number of hydrogen-bond acceptors (Lipinski definition) is 2. The maximum atomic E-state index is 3.80. The molecule has 2 unspecified atom stereocenters. The number of rotatable bonds is 8. The Morgan fingerprint density at radius 1 is 1.05 bits per heavy atom. The van der Waals surface area contributed by atoms with Gasteiger partial charge in [-0.25, -0.2) is 0 Å². The summed E-state index contributed by atoms with van der Waals surface area (Å²) >= 11 is 0. The van der Waals surface area contributed by atoms with Crippen molar-refractivity contribution in [1.29, 1.82) is 0 Å². The molecule has 0 aromatic rings. The zero-order valence-corrected chi connectivity index (χ0v) is 15.5. The first kappa shape index (κ1) is 19.0. The molecule has 1 rings (SSSR count). The first-order valence-corrected chi connectivity index (χ1v) is 9.33. The molecule has 0 radical (unpaired) electrons. The van der Waals surface area contributed by atoms with Gasteiger partial charge in [0.25, 0.3) is 0 Å². The van der Waals surface area contributed by atoms with Crippen molar-refractivity contribution in [1.82, 2.24) is 10.2 Å². The highest BCUT2D eigenvalue weighted by atomic mass is 15.2. The second-order valence-corrected chi connectivity index (χ2v) is 8.40. The quantitative estimate of drug-likeness (QED) is 0.654. The highest BCUT2D eigenvalue weighted by Crippen LogP contribution is 2.26. The first-order chi connectivity index (χ1) is 9.86. The van der Waals surface area contributed by atoms with E-state index in [0.717, 1.165) is 18.5 Å². The molecule has 0 saturated carbocycles. The Labute approximate surface area is 134 Å². The second-order valence-electron chi connectivity index (χ2n) is 8.40. The monoisotopic (exact) mass is 296 g/mol. The lowest BCUT2D eigenvalue weighted by Crippen LogP contribution is -2.61. The van der Waals surface area contributed by atoms with Gasteiger partial charge in [-0.2, -0.15) is 0 Å². The summed E-state index contributed by atoms with van der Waals surface area (Å²) < 4.78 is 0. The van der Waals surface area contributed by atoms with Gasteiger partial charge in [-0.1, -0.05) is 73.6 Å². The molecule has 1 saturated heterocycles. The largest absolute Gasteiger partial charge is 0.311 e. The van der Waals surface area contributed by atoms with E-state index in [0.29, 0.717) is 11.5 Å². The molecular formula is C19H40N2. The van der Waals surface area contributed by atoms with Crippen LogP contribution in [0.5, 0.6) is 0 Å². The summed E-state index contributed by atoms with van der Waals surface area (Å²) in [4.78, 5) is 2.77. The summed E-state index contributed by atoms with van der Waals surface area (Å²) in [5, 5.41) is 3.80. The van der Waals surface area contributed by atoms with Gasteiger partial charge in [0.05, 0.1) is 0 Å². The molecule has 0 aromatic carbocycles. The Hall–Kier alpha value is -0.0800. The predicted molar refractivity (Wildman–Crippen MR) is 94.8 cm³/mol. The highest BCUT2D eigenvalue weighted by Gasteiger charge is 2.34. The van der Waals surface area contributed by atoms with E-state index in [1.165, 1.54) is 51.6 Å². The topological polar surface area (TPSA) is 15.3 Å². The van der Waals surface area contributed by atoms with Crippen molar-refractivity contribution < 1.29 is 0 Å². The highest BCUT2D eigenvalue weighted by molar-refractivity contribution is 4.92. The number of nitrogens with zero attached hydrogens (tertiary/aromatic N) is 1. The summed E-state index contributed by atoms with van der Waals surface area (Å²) in [6, 6.07) is 1.35. The Balaban J connectivity index is 2.41. The molecule has 0 spiro atoms. The molecule has 2 nitrogen and oxygen atoms in total. The third-order valence-corrected chi connectivity index (χ3v) is 5.07. The fourth-order valence-electron chi connectivity index (χ4n) is 3.42. The standard InChI is InChI=1S/C19H40N2/c1-7-8-9-10-11-12-13-21-15-18(19(4,5)6)20-14-17(21)16(2)3/h16-18,20H,7-15H2,1-6H3. The summed E-state index contributed by atoms with van der Waals surface area (Å²) in [5.41, 5.74) is 0.362. The van der Waals surface area contributed by atoms with Crippen molar-refractivity contribution >= 4 is 0 Å². The van der Waals surface area contributed by atoms with E-state index in [2.05, 4.69) is 51.8 Å². The summed E-state index contributed by atoms with van der Waals surface area (Å²) in [6.07, 6.45) is 8.40. The van der Waals surface area contributed by atoms with Crippen LogP contribution in [0.25, 0.3) is 0 Å². The number of nitrogens with one attached hydrogen (secondary N) is 1. The minimum absolute atomic E-state index is 0.362. The number of hydrogen-bond donors (Lipinski definition) is 1. The van der Waals surface area contributed by atoms with Gasteiger partial charge < -0.3 is 5.32 Å². The van der Waals surface area contributed by atoms with Crippen LogP contribution in [-0.4, -0.2) is 36.6 Å². The van der Waals surface area contributed by atoms with Crippen molar-refractivity contribution in [3.8, 4) is 0 Å². The fraction of sp³-hybridized carbons (Fsp3) is 1.00. The third-order valence-electron chi connectivity index (χ3n) is 5.07. The first-order valence-electron chi connectivity index (χ1n) is 9.33. The smallest absolute Gasteiger partial charge is 0.0244 e. The van der Waals surface area contributed by atoms with Crippen molar-refractivity contribution in [3.63, 3.8) is 0 Å². The zero-order chi connectivity index (χ0) is 15.9. The normalized spacial score (nSPS) is 24.7. The predicted octanol–water partition coefficient (Wildman–Crippen LogP) is 4.69. The van der Waals surface area contributed by atoms with Crippen LogP contribution in [-0.2, 0) is 0 Å². The summed E-state index contributed by atoms with van der Waals surface area (Å²) in [6.45, 7) is 17.8. The Morgan fingerprint density at radius 2 is 1.67 bits per heavy atom. The van der Waals surface area contributed by atoms with E-state index in [-0.39, 0.29) is 0 Å². The van der Waals surface area contributed by atoms with E-state index >= 15 is 0 Å². The van der Waals surface area contributed by atoms with Gasteiger partial charge in [-0.05, 0) is 24.3 Å². The Bertz CT molecular complexity index is 267. The fourth-order valence-corrected chi connectivity index (χ4v) is 3.42. The van der Waals surface area contributed by atoms with E-state index in [1.54, 1.807) is 0 Å². The lowest BCUT2D eigenvalue weighted by Gasteiger charge is -2.46. The third kappa shape index (κ3) is 6.69. The van der Waals surface area contributed by atoms with E-state index in [9.17, 15) is 0 Å². The SMILES string of the molecule is CCCCCCCCN1CC(C(C)(C)C)NCC1C(C)C. The average Bonchev–Trinajstić information content (AvgIpc) is 2.41. The van der Waals surface area contributed by atoms with Gasteiger partial charge in [-0.15, -0.1) is 0 Å². The van der Waals surface area contributed by atoms with Crippen LogP contribution >= 0.6 is 0 Å². The van der Waals surface area contributed by atoms with Crippen LogP contribution in [0.1, 0.15) is 80.1 Å². The maximum Gasteiger partial charge on any atom is 0.0244 e. The molecular weight excluding hydrogens is 256 g/mol. The van der Waals surface area contributed by atoms with E-state index < -0.39 is 0 Å². The molecule has 0 amide bonds. The van der Waals surface area contributed by atoms with Gasteiger partial charge >= 0.3 is 0 Å². The van der Waals surface area contributed by atoms with Crippen molar-refractivity contribution in [2.24, 2.45) is 11.3 Å². The lowest BCUT2D eigenvalue weighted by molar-refractivity contribution is 0.0618. The number of piperazine rings is 1. The van der Waals surface area contributed by atoms with Gasteiger partial charge in [-0.3, -0.25) is 4.90 Å². The molecule has 0 bridgehead atoms. The molecule has 0 aromatic heterocycles. The van der Waals surface area contributed by atoms with Crippen LogP contribution in [0, 0.1) is 11.3 Å². The molecule has 2 atom stereocenters. The summed E-state index contributed by atoms with van der Waals surface area (Å²) in [5.74, 6) is 0.749. The van der Waals surface area contributed by atoms with Gasteiger partial charge in [0.1, 0.15) is 0 Å².